The van der Waals surface area contributed by atoms with E-state index in [2.05, 4.69) is 10.6 Å². The van der Waals surface area contributed by atoms with Gasteiger partial charge in [0.2, 0.25) is 0 Å². The van der Waals surface area contributed by atoms with E-state index in [1.807, 2.05) is 0 Å². The number of carbonyl (C=O) groups excluding carboxylic acids is 3. The normalized spacial score (nSPS) is 14.5. The molecule has 0 heterocycles. The van der Waals surface area contributed by atoms with E-state index in [1.165, 1.54) is 6.92 Å². The molecule has 0 saturated carbocycles. The lowest BCUT2D eigenvalue weighted by atomic mass is 10.1. The Kier molecular flexibility index (Phi) is 14.8. The Labute approximate surface area is 247 Å². The van der Waals surface area contributed by atoms with E-state index in [0.29, 0.717) is 0 Å². The standard InChI is InChI=1S/C20H28I3N3O10/c1-8(30)20(36)26(4-11(33)7-29)17-15(22)12(18(34)24-2-9(31)5-27)14(21)13(16(17)23)19(35)25-3-10(32)6-28/h8-11,27-33H,2-7H2,1H3,(H,24,34)(H,25,35). The van der Waals surface area contributed by atoms with Gasteiger partial charge in [-0.25, -0.2) is 0 Å². The van der Waals surface area contributed by atoms with Gasteiger partial charge in [-0.05, 0) is 74.7 Å². The summed E-state index contributed by atoms with van der Waals surface area (Å²) >= 11 is 5.31. The van der Waals surface area contributed by atoms with Crippen molar-refractivity contribution in [3.63, 3.8) is 0 Å². The Balaban J connectivity index is 3.83. The first kappa shape index (κ1) is 33.6. The van der Waals surface area contributed by atoms with Crippen LogP contribution in [0.25, 0.3) is 0 Å². The topological polar surface area (TPSA) is 220 Å². The van der Waals surface area contributed by atoms with Crippen LogP contribution in [0.2, 0.25) is 0 Å². The first-order valence-electron chi connectivity index (χ1n) is 10.4. The summed E-state index contributed by atoms with van der Waals surface area (Å²) in [5, 5.41) is 71.6. The number of nitrogens with zero attached hydrogens (tertiary/aromatic N) is 1. The van der Waals surface area contributed by atoms with E-state index in [0.717, 1.165) is 4.90 Å². The molecule has 9 N–H and O–H groups in total. The number of carbonyl (C=O) groups is 3. The molecule has 1 rings (SSSR count). The Morgan fingerprint density at radius 3 is 1.47 bits per heavy atom. The highest BCUT2D eigenvalue weighted by Crippen LogP contribution is 2.38. The lowest BCUT2D eigenvalue weighted by molar-refractivity contribution is -0.126. The highest BCUT2D eigenvalue weighted by atomic mass is 127. The van der Waals surface area contributed by atoms with Crippen LogP contribution in [0.5, 0.6) is 0 Å². The highest BCUT2D eigenvalue weighted by Gasteiger charge is 2.34. The third-order valence-electron chi connectivity index (χ3n) is 4.66. The zero-order valence-corrected chi connectivity index (χ0v) is 25.5. The molecule has 0 saturated heterocycles. The summed E-state index contributed by atoms with van der Waals surface area (Å²) in [4.78, 5) is 40.1. The van der Waals surface area contributed by atoms with Crippen molar-refractivity contribution >= 4 is 91.2 Å². The first-order valence-corrected chi connectivity index (χ1v) is 13.7. The van der Waals surface area contributed by atoms with Crippen molar-refractivity contribution in [3.05, 3.63) is 21.8 Å². The van der Waals surface area contributed by atoms with Crippen LogP contribution in [0.3, 0.4) is 0 Å². The molecule has 1 aromatic carbocycles. The van der Waals surface area contributed by atoms with Gasteiger partial charge in [0, 0.05) is 16.7 Å². The van der Waals surface area contributed by atoms with Crippen LogP contribution >= 0.6 is 67.8 Å². The van der Waals surface area contributed by atoms with Crippen LogP contribution in [0.1, 0.15) is 27.6 Å². The number of nitrogens with one attached hydrogen (secondary N) is 2. The van der Waals surface area contributed by atoms with Crippen molar-refractivity contribution in [2.24, 2.45) is 0 Å². The summed E-state index contributed by atoms with van der Waals surface area (Å²) < 4.78 is 0.497. The Morgan fingerprint density at radius 1 is 0.750 bits per heavy atom. The summed E-state index contributed by atoms with van der Waals surface area (Å²) in [5.41, 5.74) is -0.117. The molecule has 0 aliphatic heterocycles. The molecule has 1 aromatic rings. The van der Waals surface area contributed by atoms with Gasteiger partial charge in [-0.2, -0.15) is 0 Å². The number of halogens is 3. The molecule has 0 fully saturated rings. The largest absolute Gasteiger partial charge is 0.394 e. The number of anilines is 1. The molecule has 4 unspecified atom stereocenters. The van der Waals surface area contributed by atoms with Crippen molar-refractivity contribution in [3.8, 4) is 0 Å². The van der Waals surface area contributed by atoms with Gasteiger partial charge in [0.05, 0.1) is 68.6 Å². The number of aliphatic hydroxyl groups excluding tert-OH is 7. The second-order valence-electron chi connectivity index (χ2n) is 7.59. The van der Waals surface area contributed by atoms with Crippen molar-refractivity contribution in [1.29, 1.82) is 0 Å². The first-order chi connectivity index (χ1) is 16.8. The van der Waals surface area contributed by atoms with Crippen molar-refractivity contribution in [2.45, 2.75) is 31.3 Å². The Hall–Kier alpha value is -0.460. The monoisotopic (exact) mass is 851 g/mol. The lowest BCUT2D eigenvalue weighted by Gasteiger charge is -2.30. The van der Waals surface area contributed by atoms with E-state index < -0.39 is 68.5 Å². The van der Waals surface area contributed by atoms with Crippen LogP contribution in [-0.4, -0.2) is 117 Å². The predicted molar refractivity (Wildman–Crippen MR) is 153 cm³/mol. The minimum absolute atomic E-state index is 0.00993. The minimum atomic E-state index is -1.53. The fourth-order valence-corrected chi connectivity index (χ4v) is 7.53. The zero-order chi connectivity index (χ0) is 27.7. The second kappa shape index (κ2) is 15.8. The van der Waals surface area contributed by atoms with Gasteiger partial charge in [0.1, 0.15) is 6.10 Å². The molecule has 16 heteroatoms. The number of aliphatic hydroxyl groups is 7. The fraction of sp³-hybridized carbons (Fsp3) is 0.550. The second-order valence-corrected chi connectivity index (χ2v) is 10.8. The van der Waals surface area contributed by atoms with Crippen molar-refractivity contribution in [1.82, 2.24) is 10.6 Å². The predicted octanol–water partition coefficient (Wildman–Crippen LogP) is -2.27. The number of rotatable bonds is 13. The SMILES string of the molecule is CC(O)C(=O)N(CC(O)CO)c1c(I)c(C(=O)NCC(O)CO)c(I)c(C(=O)NCC(O)CO)c1I. The molecule has 3 amide bonds. The van der Waals surface area contributed by atoms with Gasteiger partial charge in [0.25, 0.3) is 17.7 Å². The molecule has 4 atom stereocenters. The van der Waals surface area contributed by atoms with Gasteiger partial charge in [-0.1, -0.05) is 0 Å². The molecule has 13 nitrogen and oxygen atoms in total. The van der Waals surface area contributed by atoms with Gasteiger partial charge in [-0.3, -0.25) is 14.4 Å². The van der Waals surface area contributed by atoms with Crippen molar-refractivity contribution in [2.75, 3.05) is 44.4 Å². The van der Waals surface area contributed by atoms with E-state index in [1.54, 1.807) is 67.8 Å². The van der Waals surface area contributed by atoms with Crippen LogP contribution in [0.15, 0.2) is 0 Å². The molecule has 0 bridgehead atoms. The van der Waals surface area contributed by atoms with E-state index in [9.17, 15) is 39.9 Å². The van der Waals surface area contributed by atoms with Gasteiger partial charge in [0.15, 0.2) is 0 Å². The van der Waals surface area contributed by atoms with Gasteiger partial charge >= 0.3 is 0 Å². The van der Waals surface area contributed by atoms with Crippen LogP contribution < -0.4 is 15.5 Å². The van der Waals surface area contributed by atoms with Gasteiger partial charge in [-0.15, -0.1) is 0 Å². The van der Waals surface area contributed by atoms with Crippen LogP contribution in [-0.2, 0) is 4.79 Å². The zero-order valence-electron chi connectivity index (χ0n) is 19.0. The Morgan fingerprint density at radius 2 is 1.14 bits per heavy atom. The van der Waals surface area contributed by atoms with E-state index in [-0.39, 0.29) is 40.6 Å². The van der Waals surface area contributed by atoms with Crippen LogP contribution in [0.4, 0.5) is 5.69 Å². The molecule has 0 aliphatic carbocycles. The maximum absolute atomic E-state index is 13.1. The van der Waals surface area contributed by atoms with E-state index in [4.69, 9.17) is 10.2 Å². The molecule has 0 aromatic heterocycles. The summed E-state index contributed by atoms with van der Waals surface area (Å²) in [5.74, 6) is -2.36. The summed E-state index contributed by atoms with van der Waals surface area (Å²) in [6.07, 6.45) is -5.44. The molecule has 204 valence electrons. The average molecular weight is 851 g/mol. The number of hydrogen-bond donors (Lipinski definition) is 9. The third kappa shape index (κ3) is 8.80. The molecule has 0 spiro atoms. The fourth-order valence-electron chi connectivity index (χ4n) is 2.80. The molecule has 36 heavy (non-hydrogen) atoms. The molecular formula is C20H28I3N3O10. The number of amides is 3. The molecular weight excluding hydrogens is 823 g/mol. The quantitative estimate of drug-likeness (QED) is 0.0971. The number of hydrogen-bond acceptors (Lipinski definition) is 10. The number of benzene rings is 1. The maximum atomic E-state index is 13.1. The summed E-state index contributed by atoms with van der Waals surface area (Å²) in [7, 11) is 0. The maximum Gasteiger partial charge on any atom is 0.255 e. The Bertz CT molecular complexity index is 897. The van der Waals surface area contributed by atoms with Crippen molar-refractivity contribution < 1.29 is 50.1 Å². The molecule has 0 radical (unpaired) electrons. The highest BCUT2D eigenvalue weighted by molar-refractivity contribution is 14.1. The van der Waals surface area contributed by atoms with E-state index >= 15 is 0 Å². The lowest BCUT2D eigenvalue weighted by Crippen LogP contribution is -2.45. The van der Waals surface area contributed by atoms with Crippen LogP contribution in [0, 0.1) is 10.7 Å². The minimum Gasteiger partial charge on any atom is -0.394 e. The van der Waals surface area contributed by atoms with Gasteiger partial charge < -0.3 is 51.3 Å². The molecule has 0 aliphatic rings. The summed E-state index contributed by atoms with van der Waals surface area (Å²) in [6, 6.07) is 0. The smallest absolute Gasteiger partial charge is 0.255 e. The average Bonchev–Trinajstić information content (AvgIpc) is 2.84. The summed E-state index contributed by atoms with van der Waals surface area (Å²) in [6.45, 7) is -1.83. The third-order valence-corrected chi connectivity index (χ3v) is 7.84.